The molecule has 104 valence electrons. The highest BCUT2D eigenvalue weighted by atomic mass is 35.5. The van der Waals surface area contributed by atoms with Crippen molar-refractivity contribution < 1.29 is 4.74 Å². The van der Waals surface area contributed by atoms with Crippen molar-refractivity contribution in [3.8, 4) is 5.75 Å². The third kappa shape index (κ3) is 2.49. The molecule has 0 spiro atoms. The Morgan fingerprint density at radius 2 is 2.10 bits per heavy atom. The fraction of sp³-hybridized carbons (Fsp3) is 0.286. The lowest BCUT2D eigenvalue weighted by molar-refractivity contribution is 0.413. The van der Waals surface area contributed by atoms with E-state index in [0.29, 0.717) is 5.15 Å². The lowest BCUT2D eigenvalue weighted by Crippen LogP contribution is -2.31. The number of fused-ring (bicyclic) bond motifs is 1. The number of nitrogens with zero attached hydrogens (tertiary/aromatic N) is 3. The molecule has 1 aliphatic rings. The molecule has 0 saturated heterocycles. The second-order valence-corrected chi connectivity index (χ2v) is 5.10. The molecule has 2 aromatic rings. The van der Waals surface area contributed by atoms with Crippen LogP contribution in [0.4, 0.5) is 11.8 Å². The van der Waals surface area contributed by atoms with Gasteiger partial charge in [0.1, 0.15) is 16.7 Å². The minimum Gasteiger partial charge on any atom is -0.497 e. The highest BCUT2D eigenvalue weighted by Gasteiger charge is 2.19. The zero-order valence-corrected chi connectivity index (χ0v) is 11.9. The molecular weight excluding hydrogens is 276 g/mol. The molecule has 5 nitrogen and oxygen atoms in total. The Morgan fingerprint density at radius 1 is 1.25 bits per heavy atom. The quantitative estimate of drug-likeness (QED) is 0.860. The van der Waals surface area contributed by atoms with Crippen molar-refractivity contribution in [3.05, 3.63) is 40.5 Å². The summed E-state index contributed by atoms with van der Waals surface area (Å²) in [4.78, 5) is 10.3. The smallest absolute Gasteiger partial charge is 0.223 e. The van der Waals surface area contributed by atoms with Gasteiger partial charge in [0.05, 0.1) is 7.11 Å². The second kappa shape index (κ2) is 5.17. The van der Waals surface area contributed by atoms with Crippen molar-refractivity contribution in [1.82, 2.24) is 9.97 Å². The first kappa shape index (κ1) is 13.0. The average Bonchev–Trinajstić information content (AvgIpc) is 2.45. The summed E-state index contributed by atoms with van der Waals surface area (Å²) in [7, 11) is 1.67. The minimum atomic E-state index is 0.198. The first-order chi connectivity index (χ1) is 9.65. The van der Waals surface area contributed by atoms with Crippen LogP contribution in [0.5, 0.6) is 5.75 Å². The Kier molecular flexibility index (Phi) is 3.36. The summed E-state index contributed by atoms with van der Waals surface area (Å²) >= 11 is 5.94. The zero-order chi connectivity index (χ0) is 14.1. The molecule has 20 heavy (non-hydrogen) atoms. The van der Waals surface area contributed by atoms with E-state index in [1.165, 1.54) is 11.1 Å². The number of ether oxygens (including phenoxy) is 1. The number of anilines is 2. The molecule has 0 saturated carbocycles. The van der Waals surface area contributed by atoms with Crippen LogP contribution in [0.1, 0.15) is 11.1 Å². The molecule has 0 fully saturated rings. The summed E-state index contributed by atoms with van der Waals surface area (Å²) in [6.07, 6.45) is 0.959. The van der Waals surface area contributed by atoms with E-state index >= 15 is 0 Å². The van der Waals surface area contributed by atoms with Gasteiger partial charge in [-0.25, -0.2) is 4.98 Å². The van der Waals surface area contributed by atoms with E-state index in [1.807, 2.05) is 6.07 Å². The van der Waals surface area contributed by atoms with Crippen molar-refractivity contribution in [2.24, 2.45) is 0 Å². The maximum atomic E-state index is 5.94. The van der Waals surface area contributed by atoms with Gasteiger partial charge < -0.3 is 15.4 Å². The van der Waals surface area contributed by atoms with Gasteiger partial charge >= 0.3 is 0 Å². The molecular formula is C14H15ClN4O. The van der Waals surface area contributed by atoms with Crippen molar-refractivity contribution in [2.75, 3.05) is 24.3 Å². The van der Waals surface area contributed by atoms with Crippen LogP contribution in [-0.4, -0.2) is 23.6 Å². The van der Waals surface area contributed by atoms with Crippen molar-refractivity contribution in [1.29, 1.82) is 0 Å². The first-order valence-electron chi connectivity index (χ1n) is 6.36. The highest BCUT2D eigenvalue weighted by molar-refractivity contribution is 6.29. The van der Waals surface area contributed by atoms with Gasteiger partial charge in [0.2, 0.25) is 5.95 Å². The number of halogens is 1. The summed E-state index contributed by atoms with van der Waals surface area (Å²) in [5.74, 6) is 1.82. The largest absolute Gasteiger partial charge is 0.497 e. The summed E-state index contributed by atoms with van der Waals surface area (Å²) in [5.41, 5.74) is 8.24. The predicted octanol–water partition coefficient (Wildman–Crippen LogP) is 2.28. The molecule has 0 aliphatic carbocycles. The van der Waals surface area contributed by atoms with Crippen LogP contribution in [0, 0.1) is 0 Å². The number of hydrogen-bond donors (Lipinski definition) is 1. The average molecular weight is 291 g/mol. The predicted molar refractivity (Wildman–Crippen MR) is 79.2 cm³/mol. The van der Waals surface area contributed by atoms with Crippen molar-refractivity contribution in [3.63, 3.8) is 0 Å². The molecule has 1 aromatic carbocycles. The molecule has 0 radical (unpaired) electrons. The van der Waals surface area contributed by atoms with Gasteiger partial charge in [0, 0.05) is 19.2 Å². The van der Waals surface area contributed by atoms with E-state index in [0.717, 1.165) is 31.1 Å². The molecule has 0 amide bonds. The SMILES string of the molecule is COc1ccc2c(c1)CN(c1cc(Cl)nc(N)n1)CC2. The first-order valence-corrected chi connectivity index (χ1v) is 6.74. The molecule has 0 bridgehead atoms. The van der Waals surface area contributed by atoms with Gasteiger partial charge in [-0.2, -0.15) is 4.98 Å². The van der Waals surface area contributed by atoms with E-state index < -0.39 is 0 Å². The zero-order valence-electron chi connectivity index (χ0n) is 11.1. The highest BCUT2D eigenvalue weighted by Crippen LogP contribution is 2.27. The molecule has 2 N–H and O–H groups in total. The Balaban J connectivity index is 1.90. The summed E-state index contributed by atoms with van der Waals surface area (Å²) in [6.45, 7) is 1.64. The fourth-order valence-corrected chi connectivity index (χ4v) is 2.63. The van der Waals surface area contributed by atoms with Gasteiger partial charge in [-0.05, 0) is 29.7 Å². The van der Waals surface area contributed by atoms with E-state index in [1.54, 1.807) is 13.2 Å². The Bertz CT molecular complexity index is 627. The molecule has 1 aliphatic heterocycles. The number of nitrogens with two attached hydrogens (primary N) is 1. The number of rotatable bonds is 2. The third-order valence-corrected chi connectivity index (χ3v) is 3.64. The van der Waals surface area contributed by atoms with Crippen LogP contribution in [0.15, 0.2) is 24.3 Å². The second-order valence-electron chi connectivity index (χ2n) is 4.71. The van der Waals surface area contributed by atoms with E-state index in [4.69, 9.17) is 22.1 Å². The summed E-state index contributed by atoms with van der Waals surface area (Å²) < 4.78 is 5.27. The van der Waals surface area contributed by atoms with Crippen LogP contribution in [0.25, 0.3) is 0 Å². The topological polar surface area (TPSA) is 64.3 Å². The molecule has 0 unspecified atom stereocenters. The number of benzene rings is 1. The number of methoxy groups -OCH3 is 1. The third-order valence-electron chi connectivity index (χ3n) is 3.45. The van der Waals surface area contributed by atoms with Crippen LogP contribution < -0.4 is 15.4 Å². The molecule has 2 heterocycles. The van der Waals surface area contributed by atoms with Gasteiger partial charge in [0.15, 0.2) is 0 Å². The van der Waals surface area contributed by atoms with Crippen LogP contribution >= 0.6 is 11.6 Å². The maximum Gasteiger partial charge on any atom is 0.223 e. The van der Waals surface area contributed by atoms with Crippen molar-refractivity contribution in [2.45, 2.75) is 13.0 Å². The molecule has 1 aromatic heterocycles. The minimum absolute atomic E-state index is 0.198. The lowest BCUT2D eigenvalue weighted by atomic mass is 9.99. The van der Waals surface area contributed by atoms with Crippen molar-refractivity contribution >= 4 is 23.4 Å². The van der Waals surface area contributed by atoms with Gasteiger partial charge in [-0.15, -0.1) is 0 Å². The van der Waals surface area contributed by atoms with Gasteiger partial charge in [-0.1, -0.05) is 17.7 Å². The standard InChI is InChI=1S/C14H15ClN4O/c1-20-11-3-2-9-4-5-19(8-10(9)6-11)13-7-12(15)17-14(16)18-13/h2-3,6-7H,4-5,8H2,1H3,(H2,16,17,18). The van der Waals surface area contributed by atoms with Gasteiger partial charge in [0.25, 0.3) is 0 Å². The van der Waals surface area contributed by atoms with E-state index in [-0.39, 0.29) is 5.95 Å². The number of nitrogen functional groups attached to an aromatic ring is 1. The number of aromatic nitrogens is 2. The fourth-order valence-electron chi connectivity index (χ4n) is 2.44. The Hall–Kier alpha value is -2.01. The molecule has 6 heteroatoms. The van der Waals surface area contributed by atoms with E-state index in [2.05, 4.69) is 27.0 Å². The molecule has 3 rings (SSSR count). The summed E-state index contributed by atoms with van der Waals surface area (Å²) in [6, 6.07) is 7.91. The monoisotopic (exact) mass is 290 g/mol. The lowest BCUT2D eigenvalue weighted by Gasteiger charge is -2.30. The summed E-state index contributed by atoms with van der Waals surface area (Å²) in [5, 5.41) is 0.365. The van der Waals surface area contributed by atoms with Crippen LogP contribution in [0.3, 0.4) is 0 Å². The number of hydrogen-bond acceptors (Lipinski definition) is 5. The van der Waals surface area contributed by atoms with Crippen LogP contribution in [0.2, 0.25) is 5.15 Å². The Morgan fingerprint density at radius 3 is 2.85 bits per heavy atom. The molecule has 0 atom stereocenters. The van der Waals surface area contributed by atoms with E-state index in [9.17, 15) is 0 Å². The maximum absolute atomic E-state index is 5.94. The normalized spacial score (nSPS) is 14.0. The van der Waals surface area contributed by atoms with Gasteiger partial charge in [-0.3, -0.25) is 0 Å². The Labute approximate surface area is 122 Å². The van der Waals surface area contributed by atoms with Crippen LogP contribution in [-0.2, 0) is 13.0 Å².